The first kappa shape index (κ1) is 13.6. The smallest absolute Gasteiger partial charge is 0.0672 e. The van der Waals surface area contributed by atoms with Gasteiger partial charge in [0, 0.05) is 36.4 Å². The Bertz CT molecular complexity index is 392. The van der Waals surface area contributed by atoms with Crippen molar-refractivity contribution in [3.05, 3.63) is 17.0 Å². The van der Waals surface area contributed by atoms with E-state index in [-0.39, 0.29) is 6.04 Å². The van der Waals surface area contributed by atoms with E-state index in [0.717, 1.165) is 39.0 Å². The van der Waals surface area contributed by atoms with Crippen LogP contribution < -0.4 is 5.73 Å². The monoisotopic (exact) mass is 251 g/mol. The summed E-state index contributed by atoms with van der Waals surface area (Å²) in [6, 6.07) is 0.0727. The van der Waals surface area contributed by atoms with E-state index >= 15 is 0 Å². The Morgan fingerprint density at radius 3 is 2.72 bits per heavy atom. The highest BCUT2D eigenvalue weighted by Gasteiger charge is 2.22. The highest BCUT2D eigenvalue weighted by molar-refractivity contribution is 5.29. The second kappa shape index (κ2) is 5.85. The Balaban J connectivity index is 2.28. The Morgan fingerprint density at radius 1 is 1.44 bits per heavy atom. The molecule has 0 aromatic carbocycles. The van der Waals surface area contributed by atoms with Gasteiger partial charge in [-0.3, -0.25) is 4.68 Å². The molecule has 2 heterocycles. The molecule has 2 N–H and O–H groups in total. The lowest BCUT2D eigenvalue weighted by molar-refractivity contribution is 0.181. The lowest BCUT2D eigenvalue weighted by Crippen LogP contribution is -2.15. The number of aryl methyl sites for hydroxylation is 1. The fourth-order valence-corrected chi connectivity index (χ4v) is 2.85. The number of aromatic nitrogens is 2. The summed E-state index contributed by atoms with van der Waals surface area (Å²) in [5.41, 5.74) is 9.85. The zero-order valence-electron chi connectivity index (χ0n) is 11.8. The minimum atomic E-state index is 0.0727. The molecule has 1 aliphatic heterocycles. The van der Waals surface area contributed by atoms with E-state index in [1.165, 1.54) is 17.0 Å². The maximum Gasteiger partial charge on any atom is 0.0672 e. The molecule has 2 rings (SSSR count). The largest absolute Gasteiger partial charge is 0.381 e. The third-order valence-electron chi connectivity index (χ3n) is 3.76. The summed E-state index contributed by atoms with van der Waals surface area (Å²) in [5, 5.41) is 4.77. The number of hydrogen-bond donors (Lipinski definition) is 1. The van der Waals surface area contributed by atoms with Crippen molar-refractivity contribution in [2.75, 3.05) is 13.2 Å². The van der Waals surface area contributed by atoms with Crippen molar-refractivity contribution < 1.29 is 4.74 Å². The van der Waals surface area contributed by atoms with E-state index in [1.807, 2.05) is 0 Å². The molecule has 4 nitrogen and oxygen atoms in total. The zero-order valence-corrected chi connectivity index (χ0v) is 11.8. The SMILES string of the molecule is CCc1nn(CC2CCOC2)c(CC)c1C(C)N. The van der Waals surface area contributed by atoms with Crippen LogP contribution in [-0.2, 0) is 24.1 Å². The molecule has 0 saturated carbocycles. The molecule has 0 bridgehead atoms. The molecule has 0 spiro atoms. The average Bonchev–Trinajstić information content (AvgIpc) is 2.96. The van der Waals surface area contributed by atoms with Crippen LogP contribution in [0.4, 0.5) is 0 Å². The molecule has 0 radical (unpaired) electrons. The average molecular weight is 251 g/mol. The van der Waals surface area contributed by atoms with Gasteiger partial charge >= 0.3 is 0 Å². The number of nitrogens with zero attached hydrogens (tertiary/aromatic N) is 2. The van der Waals surface area contributed by atoms with Crippen LogP contribution in [0.3, 0.4) is 0 Å². The summed E-state index contributed by atoms with van der Waals surface area (Å²) in [6.07, 6.45) is 3.10. The van der Waals surface area contributed by atoms with Crippen LogP contribution in [0.5, 0.6) is 0 Å². The van der Waals surface area contributed by atoms with Crippen molar-refractivity contribution in [1.29, 1.82) is 0 Å². The van der Waals surface area contributed by atoms with Gasteiger partial charge < -0.3 is 10.5 Å². The minimum Gasteiger partial charge on any atom is -0.381 e. The highest BCUT2D eigenvalue weighted by atomic mass is 16.5. The van der Waals surface area contributed by atoms with Crippen molar-refractivity contribution in [2.45, 2.75) is 52.6 Å². The number of nitrogens with two attached hydrogens (primary N) is 1. The summed E-state index contributed by atoms with van der Waals surface area (Å²) in [4.78, 5) is 0. The normalized spacial score (nSPS) is 21.4. The van der Waals surface area contributed by atoms with Crippen molar-refractivity contribution >= 4 is 0 Å². The zero-order chi connectivity index (χ0) is 13.1. The molecule has 1 aliphatic rings. The van der Waals surface area contributed by atoms with Crippen LogP contribution in [0, 0.1) is 5.92 Å². The molecule has 1 aromatic heterocycles. The first-order valence-corrected chi connectivity index (χ1v) is 7.09. The molecule has 0 amide bonds. The predicted molar refractivity (Wildman–Crippen MR) is 72.5 cm³/mol. The first-order valence-electron chi connectivity index (χ1n) is 7.09. The number of hydrogen-bond acceptors (Lipinski definition) is 3. The van der Waals surface area contributed by atoms with Gasteiger partial charge in [-0.15, -0.1) is 0 Å². The quantitative estimate of drug-likeness (QED) is 0.871. The van der Waals surface area contributed by atoms with Crippen LogP contribution in [0.15, 0.2) is 0 Å². The van der Waals surface area contributed by atoms with E-state index in [4.69, 9.17) is 15.6 Å². The second-order valence-electron chi connectivity index (χ2n) is 5.21. The topological polar surface area (TPSA) is 53.1 Å². The van der Waals surface area contributed by atoms with Crippen molar-refractivity contribution in [1.82, 2.24) is 9.78 Å². The first-order chi connectivity index (χ1) is 8.67. The lowest BCUT2D eigenvalue weighted by atomic mass is 10.0. The standard InChI is InChI=1S/C14H25N3O/c1-4-12-14(10(3)15)13(5-2)17(16-12)8-11-6-7-18-9-11/h10-11H,4-9,15H2,1-3H3. The van der Waals surface area contributed by atoms with Gasteiger partial charge in [-0.2, -0.15) is 5.10 Å². The van der Waals surface area contributed by atoms with Crippen LogP contribution in [0.25, 0.3) is 0 Å². The molecule has 1 fully saturated rings. The molecule has 4 heteroatoms. The van der Waals surface area contributed by atoms with Gasteiger partial charge in [0.2, 0.25) is 0 Å². The van der Waals surface area contributed by atoms with Crippen LogP contribution in [0.1, 0.15) is 50.2 Å². The number of ether oxygens (including phenoxy) is 1. The van der Waals surface area contributed by atoms with E-state index in [0.29, 0.717) is 5.92 Å². The van der Waals surface area contributed by atoms with Gasteiger partial charge in [-0.1, -0.05) is 13.8 Å². The Hall–Kier alpha value is -0.870. The summed E-state index contributed by atoms with van der Waals surface area (Å²) in [6.45, 7) is 9.13. The van der Waals surface area contributed by atoms with Gasteiger partial charge in [0.1, 0.15) is 0 Å². The summed E-state index contributed by atoms with van der Waals surface area (Å²) < 4.78 is 7.63. The van der Waals surface area contributed by atoms with Crippen molar-refractivity contribution in [2.24, 2.45) is 11.7 Å². The highest BCUT2D eigenvalue weighted by Crippen LogP contribution is 2.24. The van der Waals surface area contributed by atoms with Crippen molar-refractivity contribution in [3.8, 4) is 0 Å². The fourth-order valence-electron chi connectivity index (χ4n) is 2.85. The molecule has 1 aromatic rings. The lowest BCUT2D eigenvalue weighted by Gasteiger charge is -2.12. The molecule has 18 heavy (non-hydrogen) atoms. The Morgan fingerprint density at radius 2 is 2.22 bits per heavy atom. The Labute approximate surface area is 110 Å². The van der Waals surface area contributed by atoms with E-state index < -0.39 is 0 Å². The van der Waals surface area contributed by atoms with E-state index in [9.17, 15) is 0 Å². The molecular formula is C14H25N3O. The minimum absolute atomic E-state index is 0.0727. The molecule has 0 aliphatic carbocycles. The van der Waals surface area contributed by atoms with Crippen molar-refractivity contribution in [3.63, 3.8) is 0 Å². The number of rotatable bonds is 5. The summed E-state index contributed by atoms with van der Waals surface area (Å²) >= 11 is 0. The second-order valence-corrected chi connectivity index (χ2v) is 5.21. The Kier molecular flexibility index (Phi) is 4.40. The third kappa shape index (κ3) is 2.59. The molecule has 2 atom stereocenters. The van der Waals surface area contributed by atoms with Gasteiger partial charge in [0.25, 0.3) is 0 Å². The summed E-state index contributed by atoms with van der Waals surface area (Å²) in [7, 11) is 0. The van der Waals surface area contributed by atoms with Crippen LogP contribution in [0.2, 0.25) is 0 Å². The fraction of sp³-hybridized carbons (Fsp3) is 0.786. The molecule has 102 valence electrons. The third-order valence-corrected chi connectivity index (χ3v) is 3.76. The maximum atomic E-state index is 6.11. The van der Waals surface area contributed by atoms with Gasteiger partial charge in [0.15, 0.2) is 0 Å². The van der Waals surface area contributed by atoms with Gasteiger partial charge in [-0.05, 0) is 26.2 Å². The van der Waals surface area contributed by atoms with E-state index in [1.54, 1.807) is 0 Å². The van der Waals surface area contributed by atoms with Crippen LogP contribution in [-0.4, -0.2) is 23.0 Å². The van der Waals surface area contributed by atoms with Crippen LogP contribution >= 0.6 is 0 Å². The van der Waals surface area contributed by atoms with E-state index in [2.05, 4.69) is 25.5 Å². The molecule has 1 saturated heterocycles. The molecule has 2 unspecified atom stereocenters. The van der Waals surface area contributed by atoms with Gasteiger partial charge in [0.05, 0.1) is 12.3 Å². The summed E-state index contributed by atoms with van der Waals surface area (Å²) in [5.74, 6) is 0.612. The molecular weight excluding hydrogens is 226 g/mol. The predicted octanol–water partition coefficient (Wildman–Crippen LogP) is 2.06. The maximum absolute atomic E-state index is 6.11. The van der Waals surface area contributed by atoms with Gasteiger partial charge in [-0.25, -0.2) is 0 Å².